The molecule has 3 aromatic carbocycles. The first-order valence-electron chi connectivity index (χ1n) is 9.89. The van der Waals surface area contributed by atoms with Crippen LogP contribution in [-0.4, -0.2) is 26.6 Å². The summed E-state index contributed by atoms with van der Waals surface area (Å²) in [4.78, 5) is 42.5. The summed E-state index contributed by atoms with van der Waals surface area (Å²) in [6.07, 6.45) is 0. The van der Waals surface area contributed by atoms with Crippen molar-refractivity contribution < 1.29 is 9.59 Å². The highest BCUT2D eigenvalue weighted by molar-refractivity contribution is 8.00. The zero-order chi connectivity index (χ0) is 22.7. The highest BCUT2D eigenvalue weighted by atomic mass is 32.2. The second kappa shape index (κ2) is 9.07. The van der Waals surface area contributed by atoms with E-state index in [1.165, 1.54) is 4.57 Å². The van der Waals surface area contributed by atoms with Crippen LogP contribution in [0.5, 0.6) is 0 Å². The first-order chi connectivity index (χ1) is 15.5. The molecule has 0 saturated carbocycles. The third-order valence-electron chi connectivity index (χ3n) is 4.86. The Morgan fingerprint density at radius 3 is 2.38 bits per heavy atom. The minimum absolute atomic E-state index is 0.212. The van der Waals surface area contributed by atoms with Crippen LogP contribution in [0.15, 0.2) is 88.8 Å². The van der Waals surface area contributed by atoms with Gasteiger partial charge in [0.1, 0.15) is 0 Å². The second-order valence-corrected chi connectivity index (χ2v) is 8.35. The number of nitrogens with one attached hydrogen (secondary N) is 1. The van der Waals surface area contributed by atoms with Crippen molar-refractivity contribution >= 4 is 40.2 Å². The summed E-state index contributed by atoms with van der Waals surface area (Å²) >= 11 is 1.16. The lowest BCUT2D eigenvalue weighted by molar-refractivity contribution is -0.115. The number of rotatable bonds is 6. The van der Waals surface area contributed by atoms with Crippen LogP contribution >= 0.6 is 11.8 Å². The molecular weight excluding hydrogens is 424 g/mol. The van der Waals surface area contributed by atoms with Gasteiger partial charge in [0.05, 0.1) is 33.1 Å². The molecule has 32 heavy (non-hydrogen) atoms. The van der Waals surface area contributed by atoms with Crippen molar-refractivity contribution in [2.45, 2.75) is 17.3 Å². The van der Waals surface area contributed by atoms with Gasteiger partial charge in [-0.25, -0.2) is 4.98 Å². The number of hydrogen-bond acceptors (Lipinski definition) is 5. The van der Waals surface area contributed by atoms with Gasteiger partial charge in [0.25, 0.3) is 11.5 Å². The number of anilines is 1. The number of amides is 2. The van der Waals surface area contributed by atoms with Gasteiger partial charge >= 0.3 is 0 Å². The van der Waals surface area contributed by atoms with Crippen LogP contribution in [0.4, 0.5) is 5.69 Å². The predicted octanol–water partition coefficient (Wildman–Crippen LogP) is 3.60. The molecule has 0 saturated heterocycles. The Morgan fingerprint density at radius 2 is 1.62 bits per heavy atom. The van der Waals surface area contributed by atoms with Crippen molar-refractivity contribution in [3.63, 3.8) is 0 Å². The van der Waals surface area contributed by atoms with E-state index in [4.69, 9.17) is 5.73 Å². The van der Waals surface area contributed by atoms with E-state index >= 15 is 0 Å². The fourth-order valence-electron chi connectivity index (χ4n) is 3.25. The number of nitrogens with zero attached hydrogens (tertiary/aromatic N) is 2. The monoisotopic (exact) mass is 444 g/mol. The molecule has 4 rings (SSSR count). The first-order valence-corrected chi connectivity index (χ1v) is 10.8. The predicted molar refractivity (Wildman–Crippen MR) is 126 cm³/mol. The van der Waals surface area contributed by atoms with E-state index in [-0.39, 0.29) is 17.0 Å². The van der Waals surface area contributed by atoms with Gasteiger partial charge in [0, 0.05) is 0 Å². The average molecular weight is 445 g/mol. The number of aromatic nitrogens is 2. The average Bonchev–Trinajstić information content (AvgIpc) is 2.80. The lowest BCUT2D eigenvalue weighted by Gasteiger charge is -2.17. The topological polar surface area (TPSA) is 107 Å². The van der Waals surface area contributed by atoms with Crippen molar-refractivity contribution in [3.05, 3.63) is 94.8 Å². The number of para-hydroxylation sites is 3. The minimum Gasteiger partial charge on any atom is -0.366 e. The number of primary amides is 1. The molecule has 1 heterocycles. The Bertz CT molecular complexity index is 1370. The second-order valence-electron chi connectivity index (χ2n) is 7.05. The van der Waals surface area contributed by atoms with Gasteiger partial charge in [-0.15, -0.1) is 0 Å². The van der Waals surface area contributed by atoms with E-state index < -0.39 is 11.2 Å². The fraction of sp³-hybridized carbons (Fsp3) is 0.0833. The molecule has 0 aliphatic carbocycles. The molecule has 160 valence electrons. The summed E-state index contributed by atoms with van der Waals surface area (Å²) in [6, 6.07) is 22.8. The van der Waals surface area contributed by atoms with Crippen LogP contribution in [0.3, 0.4) is 0 Å². The molecule has 1 unspecified atom stereocenters. The number of benzene rings is 3. The fourth-order valence-corrected chi connectivity index (χ4v) is 4.18. The molecule has 3 N–H and O–H groups in total. The van der Waals surface area contributed by atoms with E-state index in [0.29, 0.717) is 27.4 Å². The van der Waals surface area contributed by atoms with Gasteiger partial charge in [-0.2, -0.15) is 0 Å². The third kappa shape index (κ3) is 4.26. The maximum Gasteiger partial charge on any atom is 0.266 e. The Hall–Kier alpha value is -3.91. The molecule has 4 aromatic rings. The molecule has 0 radical (unpaired) electrons. The van der Waals surface area contributed by atoms with Crippen LogP contribution in [0.25, 0.3) is 16.6 Å². The number of hydrogen-bond donors (Lipinski definition) is 2. The highest BCUT2D eigenvalue weighted by Gasteiger charge is 2.21. The lowest BCUT2D eigenvalue weighted by Crippen LogP contribution is -2.27. The summed E-state index contributed by atoms with van der Waals surface area (Å²) in [5.74, 6) is -0.971. The number of carbonyl (C=O) groups is 2. The van der Waals surface area contributed by atoms with Gasteiger partial charge in [-0.3, -0.25) is 19.0 Å². The highest BCUT2D eigenvalue weighted by Crippen LogP contribution is 2.26. The van der Waals surface area contributed by atoms with Crippen LogP contribution in [-0.2, 0) is 4.79 Å². The SMILES string of the molecule is CC(Sc1nc2ccccc2c(=O)n1-c1ccccc1)C(=O)Nc1ccccc1C(N)=O. The molecule has 0 spiro atoms. The molecule has 7 nitrogen and oxygen atoms in total. The maximum absolute atomic E-state index is 13.3. The van der Waals surface area contributed by atoms with E-state index in [1.807, 2.05) is 36.4 Å². The Morgan fingerprint density at radius 1 is 0.969 bits per heavy atom. The van der Waals surface area contributed by atoms with Crippen molar-refractivity contribution in [2.24, 2.45) is 5.73 Å². The Labute approximate surface area is 188 Å². The number of fused-ring (bicyclic) bond motifs is 1. The standard InChI is InChI=1S/C24H20N4O3S/c1-15(22(30)26-19-13-7-5-11-17(19)21(25)29)32-24-27-20-14-8-6-12-18(20)23(31)28(24)16-9-3-2-4-10-16/h2-15H,1H3,(H2,25,29)(H,26,30). The summed E-state index contributed by atoms with van der Waals surface area (Å²) in [5.41, 5.74) is 6.96. The molecule has 0 fully saturated rings. The minimum atomic E-state index is -0.629. The normalized spacial score (nSPS) is 11.8. The largest absolute Gasteiger partial charge is 0.366 e. The van der Waals surface area contributed by atoms with Crippen molar-refractivity contribution in [3.8, 4) is 5.69 Å². The first kappa shape index (κ1) is 21.3. The molecule has 0 aliphatic rings. The zero-order valence-corrected chi connectivity index (χ0v) is 18.0. The van der Waals surface area contributed by atoms with E-state index in [1.54, 1.807) is 49.4 Å². The zero-order valence-electron chi connectivity index (χ0n) is 17.2. The Balaban J connectivity index is 1.70. The van der Waals surface area contributed by atoms with Gasteiger partial charge in [0.15, 0.2) is 5.16 Å². The van der Waals surface area contributed by atoms with Gasteiger partial charge in [0.2, 0.25) is 5.91 Å². The van der Waals surface area contributed by atoms with Crippen LogP contribution < -0.4 is 16.6 Å². The quantitative estimate of drug-likeness (QED) is 0.349. The van der Waals surface area contributed by atoms with Gasteiger partial charge in [-0.05, 0) is 43.3 Å². The molecule has 2 amide bonds. The van der Waals surface area contributed by atoms with Crippen LogP contribution in [0.2, 0.25) is 0 Å². The summed E-state index contributed by atoms with van der Waals surface area (Å²) in [7, 11) is 0. The molecule has 1 atom stereocenters. The van der Waals surface area contributed by atoms with Crippen molar-refractivity contribution in [2.75, 3.05) is 5.32 Å². The van der Waals surface area contributed by atoms with Crippen LogP contribution in [0.1, 0.15) is 17.3 Å². The van der Waals surface area contributed by atoms with Crippen molar-refractivity contribution in [1.82, 2.24) is 9.55 Å². The van der Waals surface area contributed by atoms with E-state index in [2.05, 4.69) is 10.3 Å². The molecule has 8 heteroatoms. The summed E-state index contributed by atoms with van der Waals surface area (Å²) < 4.78 is 1.51. The third-order valence-corrected chi connectivity index (χ3v) is 5.91. The van der Waals surface area contributed by atoms with E-state index in [0.717, 1.165) is 11.8 Å². The maximum atomic E-state index is 13.3. The van der Waals surface area contributed by atoms with Gasteiger partial charge < -0.3 is 11.1 Å². The summed E-state index contributed by atoms with van der Waals surface area (Å²) in [6.45, 7) is 1.71. The molecule has 0 aliphatic heterocycles. The Kier molecular flexibility index (Phi) is 6.04. The molecule has 1 aromatic heterocycles. The van der Waals surface area contributed by atoms with E-state index in [9.17, 15) is 14.4 Å². The van der Waals surface area contributed by atoms with Crippen molar-refractivity contribution in [1.29, 1.82) is 0 Å². The summed E-state index contributed by atoms with van der Waals surface area (Å²) in [5, 5.41) is 3.02. The van der Waals surface area contributed by atoms with Crippen LogP contribution in [0, 0.1) is 0 Å². The molecular formula is C24H20N4O3S. The molecule has 0 bridgehead atoms. The number of nitrogens with two attached hydrogens (primary N) is 1. The lowest BCUT2D eigenvalue weighted by atomic mass is 10.1. The number of thioether (sulfide) groups is 1. The van der Waals surface area contributed by atoms with Gasteiger partial charge in [-0.1, -0.05) is 54.2 Å². The number of carbonyl (C=O) groups excluding carboxylic acids is 2. The smallest absolute Gasteiger partial charge is 0.266 e.